The van der Waals surface area contributed by atoms with E-state index >= 15 is 0 Å². The lowest BCUT2D eigenvalue weighted by Gasteiger charge is -2.09. The molecule has 0 atom stereocenters. The lowest BCUT2D eigenvalue weighted by Crippen LogP contribution is -2.07. The Morgan fingerprint density at radius 1 is 1.22 bits per heavy atom. The lowest BCUT2D eigenvalue weighted by atomic mass is 10.1. The fraction of sp³-hybridized carbons (Fsp3) is 0.214. The quantitative estimate of drug-likeness (QED) is 0.880. The molecule has 0 bridgehead atoms. The number of anilines is 1. The average Bonchev–Trinajstić information content (AvgIpc) is 2.41. The molecule has 0 unspecified atom stereocenters. The smallest absolute Gasteiger partial charge is 0.168 e. The molecule has 18 heavy (non-hydrogen) atoms. The molecular weight excluding hydrogens is 231 g/mol. The molecule has 2 rings (SSSR count). The van der Waals surface area contributed by atoms with Gasteiger partial charge in [-0.3, -0.25) is 0 Å². The van der Waals surface area contributed by atoms with E-state index in [2.05, 4.69) is 10.3 Å². The number of benzene rings is 1. The number of methoxy groups -OCH3 is 1. The third-order valence-corrected chi connectivity index (χ3v) is 2.61. The van der Waals surface area contributed by atoms with Crippen LogP contribution in [0.3, 0.4) is 0 Å². The minimum Gasteiger partial charge on any atom is -0.493 e. The first-order chi connectivity index (χ1) is 8.79. The molecule has 1 heterocycles. The average molecular weight is 246 g/mol. The summed E-state index contributed by atoms with van der Waals surface area (Å²) in [5, 5.41) is 3.20. The monoisotopic (exact) mass is 246 g/mol. The molecule has 0 spiro atoms. The van der Waals surface area contributed by atoms with E-state index in [9.17, 15) is 4.39 Å². The Hall–Kier alpha value is -2.10. The minimum atomic E-state index is -0.210. The van der Waals surface area contributed by atoms with Crippen molar-refractivity contribution in [1.29, 1.82) is 0 Å². The fourth-order valence-corrected chi connectivity index (χ4v) is 1.66. The molecule has 4 heteroatoms. The van der Waals surface area contributed by atoms with Crippen molar-refractivity contribution >= 4 is 5.82 Å². The second-order valence-corrected chi connectivity index (χ2v) is 3.86. The Morgan fingerprint density at radius 2 is 2.00 bits per heavy atom. The van der Waals surface area contributed by atoms with Crippen LogP contribution in [-0.2, 0) is 6.42 Å². The summed E-state index contributed by atoms with van der Waals surface area (Å²) >= 11 is 0. The van der Waals surface area contributed by atoms with Crippen LogP contribution in [0.2, 0.25) is 0 Å². The van der Waals surface area contributed by atoms with Crippen molar-refractivity contribution in [2.45, 2.75) is 6.42 Å². The molecule has 0 aliphatic carbocycles. The van der Waals surface area contributed by atoms with E-state index < -0.39 is 0 Å². The molecule has 2 aromatic rings. The molecule has 0 saturated carbocycles. The van der Waals surface area contributed by atoms with Crippen LogP contribution < -0.4 is 10.1 Å². The number of aromatic nitrogens is 1. The van der Waals surface area contributed by atoms with E-state index in [1.165, 1.54) is 12.1 Å². The summed E-state index contributed by atoms with van der Waals surface area (Å²) in [4.78, 5) is 4.20. The first kappa shape index (κ1) is 12.4. The molecule has 3 nitrogen and oxygen atoms in total. The summed E-state index contributed by atoms with van der Waals surface area (Å²) in [5.74, 6) is 1.23. The van der Waals surface area contributed by atoms with E-state index in [-0.39, 0.29) is 5.82 Å². The molecule has 0 saturated heterocycles. The van der Waals surface area contributed by atoms with Crippen LogP contribution in [-0.4, -0.2) is 18.6 Å². The molecule has 1 aromatic carbocycles. The predicted molar refractivity (Wildman–Crippen MR) is 69.4 cm³/mol. The second kappa shape index (κ2) is 6.00. The van der Waals surface area contributed by atoms with Crippen LogP contribution in [0.5, 0.6) is 5.75 Å². The van der Waals surface area contributed by atoms with Crippen molar-refractivity contribution in [2.24, 2.45) is 0 Å². The summed E-state index contributed by atoms with van der Waals surface area (Å²) in [6.45, 7) is 0.721. The SMILES string of the molecule is COc1cccnc1NCCc1ccc(F)cc1. The maximum Gasteiger partial charge on any atom is 0.168 e. The van der Waals surface area contributed by atoms with Crippen LogP contribution in [0.15, 0.2) is 42.6 Å². The molecule has 0 amide bonds. The van der Waals surface area contributed by atoms with Gasteiger partial charge in [0.2, 0.25) is 0 Å². The summed E-state index contributed by atoms with van der Waals surface area (Å²) in [6, 6.07) is 10.2. The Morgan fingerprint density at radius 3 is 2.72 bits per heavy atom. The fourth-order valence-electron chi connectivity index (χ4n) is 1.66. The number of rotatable bonds is 5. The van der Waals surface area contributed by atoms with Crippen molar-refractivity contribution in [3.8, 4) is 5.75 Å². The Bertz CT molecular complexity index is 499. The summed E-state index contributed by atoms with van der Waals surface area (Å²) < 4.78 is 17.9. The van der Waals surface area contributed by atoms with Crippen LogP contribution in [0.4, 0.5) is 10.2 Å². The van der Waals surface area contributed by atoms with Gasteiger partial charge in [-0.25, -0.2) is 9.37 Å². The molecule has 0 aliphatic rings. The molecular formula is C14H15FN2O. The van der Waals surface area contributed by atoms with Gasteiger partial charge in [0, 0.05) is 12.7 Å². The summed E-state index contributed by atoms with van der Waals surface area (Å²) in [7, 11) is 1.61. The maximum atomic E-state index is 12.7. The third kappa shape index (κ3) is 3.20. The first-order valence-corrected chi connectivity index (χ1v) is 5.77. The number of nitrogens with one attached hydrogen (secondary N) is 1. The standard InChI is InChI=1S/C14H15FN2O/c1-18-13-3-2-9-16-14(13)17-10-8-11-4-6-12(15)7-5-11/h2-7,9H,8,10H2,1H3,(H,16,17). The maximum absolute atomic E-state index is 12.7. The highest BCUT2D eigenvalue weighted by molar-refractivity contribution is 5.49. The van der Waals surface area contributed by atoms with E-state index in [1.807, 2.05) is 12.1 Å². The zero-order valence-corrected chi connectivity index (χ0v) is 10.2. The minimum absolute atomic E-state index is 0.210. The molecule has 0 fully saturated rings. The number of halogens is 1. The van der Waals surface area contributed by atoms with Crippen molar-refractivity contribution in [3.05, 3.63) is 54.0 Å². The van der Waals surface area contributed by atoms with Crippen molar-refractivity contribution in [3.63, 3.8) is 0 Å². The van der Waals surface area contributed by atoms with Crippen LogP contribution in [0.1, 0.15) is 5.56 Å². The van der Waals surface area contributed by atoms with Crippen LogP contribution in [0, 0.1) is 5.82 Å². The van der Waals surface area contributed by atoms with Gasteiger partial charge in [-0.2, -0.15) is 0 Å². The highest BCUT2D eigenvalue weighted by Gasteiger charge is 2.02. The van der Waals surface area contributed by atoms with Crippen LogP contribution in [0.25, 0.3) is 0 Å². The van der Waals surface area contributed by atoms with Gasteiger partial charge in [0.1, 0.15) is 5.82 Å². The predicted octanol–water partition coefficient (Wildman–Crippen LogP) is 2.88. The van der Waals surface area contributed by atoms with E-state index in [1.54, 1.807) is 25.4 Å². The second-order valence-electron chi connectivity index (χ2n) is 3.86. The van der Waals surface area contributed by atoms with Gasteiger partial charge in [0.15, 0.2) is 11.6 Å². The van der Waals surface area contributed by atoms with E-state index in [4.69, 9.17) is 4.74 Å². The third-order valence-electron chi connectivity index (χ3n) is 2.61. The number of ether oxygens (including phenoxy) is 1. The summed E-state index contributed by atoms with van der Waals surface area (Å²) in [6.07, 6.45) is 2.52. The number of hydrogen-bond acceptors (Lipinski definition) is 3. The molecule has 1 N–H and O–H groups in total. The van der Waals surface area contributed by atoms with Crippen molar-refractivity contribution in [2.75, 3.05) is 19.0 Å². The Labute approximate surface area is 106 Å². The molecule has 0 radical (unpaired) electrons. The Kier molecular flexibility index (Phi) is 4.12. The van der Waals surface area contributed by atoms with Gasteiger partial charge in [0.05, 0.1) is 7.11 Å². The van der Waals surface area contributed by atoms with Gasteiger partial charge in [-0.05, 0) is 36.2 Å². The molecule has 0 aliphatic heterocycles. The van der Waals surface area contributed by atoms with E-state index in [0.717, 1.165) is 30.1 Å². The largest absolute Gasteiger partial charge is 0.493 e. The lowest BCUT2D eigenvalue weighted by molar-refractivity contribution is 0.415. The normalized spacial score (nSPS) is 10.1. The van der Waals surface area contributed by atoms with Gasteiger partial charge < -0.3 is 10.1 Å². The number of hydrogen-bond donors (Lipinski definition) is 1. The highest BCUT2D eigenvalue weighted by Crippen LogP contribution is 2.19. The summed E-state index contributed by atoms with van der Waals surface area (Å²) in [5.41, 5.74) is 1.08. The van der Waals surface area contributed by atoms with Crippen molar-refractivity contribution < 1.29 is 9.13 Å². The van der Waals surface area contributed by atoms with Gasteiger partial charge in [-0.1, -0.05) is 12.1 Å². The van der Waals surface area contributed by atoms with Crippen LogP contribution >= 0.6 is 0 Å². The van der Waals surface area contributed by atoms with Gasteiger partial charge >= 0.3 is 0 Å². The Balaban J connectivity index is 1.90. The van der Waals surface area contributed by atoms with E-state index in [0.29, 0.717) is 0 Å². The zero-order valence-electron chi connectivity index (χ0n) is 10.2. The molecule has 1 aromatic heterocycles. The number of nitrogens with zero attached hydrogens (tertiary/aromatic N) is 1. The van der Waals surface area contributed by atoms with Gasteiger partial charge in [0.25, 0.3) is 0 Å². The first-order valence-electron chi connectivity index (χ1n) is 5.77. The topological polar surface area (TPSA) is 34.1 Å². The zero-order chi connectivity index (χ0) is 12.8. The molecule has 94 valence electrons. The van der Waals surface area contributed by atoms with Gasteiger partial charge in [-0.15, -0.1) is 0 Å². The van der Waals surface area contributed by atoms with Crippen molar-refractivity contribution in [1.82, 2.24) is 4.98 Å². The number of pyridine rings is 1. The highest BCUT2D eigenvalue weighted by atomic mass is 19.1.